The van der Waals surface area contributed by atoms with E-state index in [1.165, 1.54) is 11.1 Å². The van der Waals surface area contributed by atoms with Gasteiger partial charge in [0.25, 0.3) is 0 Å². The molecule has 0 unspecified atom stereocenters. The molecule has 156 valence electrons. The van der Waals surface area contributed by atoms with Gasteiger partial charge in [-0.15, -0.1) is 0 Å². The number of fused-ring (bicyclic) bond motifs is 1. The Labute approximate surface area is 176 Å². The van der Waals surface area contributed by atoms with Gasteiger partial charge in [-0.2, -0.15) is 0 Å². The molecule has 0 saturated heterocycles. The summed E-state index contributed by atoms with van der Waals surface area (Å²) < 4.78 is 16.4. The Morgan fingerprint density at radius 1 is 1.10 bits per heavy atom. The minimum absolute atomic E-state index is 0.540. The first-order valence-electron chi connectivity index (χ1n) is 9.92. The van der Waals surface area contributed by atoms with E-state index in [-0.39, 0.29) is 0 Å². The highest BCUT2D eigenvalue weighted by molar-refractivity contribution is 5.80. The van der Waals surface area contributed by atoms with Crippen LogP contribution in [0.15, 0.2) is 58.0 Å². The quantitative estimate of drug-likeness (QED) is 0.517. The second-order valence-corrected chi connectivity index (χ2v) is 7.10. The van der Waals surface area contributed by atoms with Gasteiger partial charge in [0.2, 0.25) is 0 Å². The Morgan fingerprint density at radius 3 is 2.53 bits per heavy atom. The maximum absolute atomic E-state index is 5.49. The van der Waals surface area contributed by atoms with Crippen LogP contribution in [0, 0.1) is 0 Å². The third kappa shape index (κ3) is 4.10. The molecule has 2 aromatic carbocycles. The van der Waals surface area contributed by atoms with Crippen LogP contribution < -0.4 is 14.8 Å². The topological polar surface area (TPSA) is 72.1 Å². The van der Waals surface area contributed by atoms with Crippen molar-refractivity contribution in [2.45, 2.75) is 19.5 Å². The summed E-state index contributed by atoms with van der Waals surface area (Å²) in [5, 5.41) is 7.58. The molecule has 0 bridgehead atoms. The van der Waals surface area contributed by atoms with E-state index in [2.05, 4.69) is 32.5 Å². The van der Waals surface area contributed by atoms with Crippen LogP contribution in [-0.2, 0) is 19.5 Å². The van der Waals surface area contributed by atoms with E-state index < -0.39 is 0 Å². The summed E-state index contributed by atoms with van der Waals surface area (Å²) in [7, 11) is 5.12. The van der Waals surface area contributed by atoms with Crippen molar-refractivity contribution in [3.63, 3.8) is 0 Å². The van der Waals surface area contributed by atoms with Crippen molar-refractivity contribution in [1.82, 2.24) is 15.4 Å². The summed E-state index contributed by atoms with van der Waals surface area (Å²) in [6, 6.07) is 16.0. The molecule has 1 aliphatic rings. The Kier molecular flexibility index (Phi) is 5.88. The van der Waals surface area contributed by atoms with E-state index in [0.717, 1.165) is 54.0 Å². The van der Waals surface area contributed by atoms with Crippen LogP contribution in [0.2, 0.25) is 0 Å². The van der Waals surface area contributed by atoms with Gasteiger partial charge in [-0.05, 0) is 29.7 Å². The summed E-state index contributed by atoms with van der Waals surface area (Å²) in [5.41, 5.74) is 4.34. The van der Waals surface area contributed by atoms with Gasteiger partial charge in [-0.1, -0.05) is 35.5 Å². The minimum atomic E-state index is 0.540. The zero-order valence-corrected chi connectivity index (χ0v) is 17.5. The first-order valence-corrected chi connectivity index (χ1v) is 9.92. The fraction of sp³-hybridized carbons (Fsp3) is 0.304. The molecule has 3 aromatic rings. The molecule has 7 heteroatoms. The van der Waals surface area contributed by atoms with Crippen molar-refractivity contribution in [3.05, 3.63) is 65.4 Å². The highest BCUT2D eigenvalue weighted by Gasteiger charge is 2.22. The van der Waals surface area contributed by atoms with E-state index in [9.17, 15) is 0 Å². The van der Waals surface area contributed by atoms with Crippen LogP contribution in [0.3, 0.4) is 0 Å². The van der Waals surface area contributed by atoms with Crippen LogP contribution in [0.25, 0.3) is 11.3 Å². The number of hydrogen-bond acceptors (Lipinski definition) is 5. The number of methoxy groups -OCH3 is 2. The zero-order valence-electron chi connectivity index (χ0n) is 17.5. The number of guanidine groups is 1. The van der Waals surface area contributed by atoms with Crippen molar-refractivity contribution in [2.75, 3.05) is 27.8 Å². The minimum Gasteiger partial charge on any atom is -0.493 e. The Morgan fingerprint density at radius 2 is 1.83 bits per heavy atom. The first-order chi connectivity index (χ1) is 14.7. The standard InChI is InChI=1S/C23H26N4O3/c1-24-23(25-14-19-13-20(30-26-19)16-7-5-4-6-8-16)27-10-9-17-11-21(28-2)22(29-3)12-18(17)15-27/h4-8,11-13H,9-10,14-15H2,1-3H3,(H,24,25). The molecular formula is C23H26N4O3. The lowest BCUT2D eigenvalue weighted by molar-refractivity contribution is 0.345. The summed E-state index contributed by atoms with van der Waals surface area (Å²) in [6.07, 6.45) is 0.915. The van der Waals surface area contributed by atoms with Crippen LogP contribution in [0.1, 0.15) is 16.8 Å². The molecule has 1 aromatic heterocycles. The Bertz CT molecular complexity index is 1030. The molecule has 4 rings (SSSR count). The van der Waals surface area contributed by atoms with Gasteiger partial charge in [0.05, 0.1) is 20.8 Å². The van der Waals surface area contributed by atoms with Crippen molar-refractivity contribution in [2.24, 2.45) is 4.99 Å². The van der Waals surface area contributed by atoms with Gasteiger partial charge < -0.3 is 24.2 Å². The molecule has 30 heavy (non-hydrogen) atoms. The Hall–Kier alpha value is -3.48. The Balaban J connectivity index is 1.43. The predicted molar refractivity (Wildman–Crippen MR) is 116 cm³/mol. The number of ether oxygens (including phenoxy) is 2. The lowest BCUT2D eigenvalue weighted by Crippen LogP contribution is -2.43. The SMILES string of the molecule is CN=C(NCc1cc(-c2ccccc2)on1)N1CCc2cc(OC)c(OC)cc2C1. The lowest BCUT2D eigenvalue weighted by Gasteiger charge is -2.32. The van der Waals surface area contributed by atoms with E-state index in [4.69, 9.17) is 14.0 Å². The number of aromatic nitrogens is 1. The monoisotopic (exact) mass is 406 g/mol. The van der Waals surface area contributed by atoms with Crippen molar-refractivity contribution in [1.29, 1.82) is 0 Å². The smallest absolute Gasteiger partial charge is 0.194 e. The number of hydrogen-bond donors (Lipinski definition) is 1. The number of nitrogens with zero attached hydrogens (tertiary/aromatic N) is 3. The zero-order chi connectivity index (χ0) is 20.9. The maximum Gasteiger partial charge on any atom is 0.194 e. The normalized spacial score (nSPS) is 13.7. The number of rotatable bonds is 5. The first kappa shape index (κ1) is 19.8. The number of aliphatic imine (C=N–C) groups is 1. The summed E-state index contributed by atoms with van der Waals surface area (Å²) in [6.45, 7) is 2.16. The second-order valence-electron chi connectivity index (χ2n) is 7.10. The number of nitrogens with one attached hydrogen (secondary N) is 1. The molecule has 0 radical (unpaired) electrons. The van der Waals surface area contributed by atoms with Gasteiger partial charge >= 0.3 is 0 Å². The molecule has 0 fully saturated rings. The summed E-state index contributed by atoms with van der Waals surface area (Å²) in [5.74, 6) is 3.11. The molecule has 0 aliphatic carbocycles. The molecule has 0 saturated carbocycles. The van der Waals surface area contributed by atoms with Gasteiger partial charge in [0, 0.05) is 31.8 Å². The van der Waals surface area contributed by atoms with Crippen LogP contribution in [-0.4, -0.2) is 43.8 Å². The van der Waals surface area contributed by atoms with Crippen LogP contribution in [0.5, 0.6) is 11.5 Å². The van der Waals surface area contributed by atoms with E-state index in [1.807, 2.05) is 36.4 Å². The second kappa shape index (κ2) is 8.90. The molecule has 0 atom stereocenters. The molecule has 7 nitrogen and oxygen atoms in total. The van der Waals surface area contributed by atoms with Crippen molar-refractivity contribution < 1.29 is 14.0 Å². The maximum atomic E-state index is 5.49. The average Bonchev–Trinajstić information content (AvgIpc) is 3.28. The fourth-order valence-corrected chi connectivity index (χ4v) is 3.70. The van der Waals surface area contributed by atoms with E-state index >= 15 is 0 Å². The van der Waals surface area contributed by atoms with E-state index in [0.29, 0.717) is 6.54 Å². The van der Waals surface area contributed by atoms with Gasteiger partial charge in [0.15, 0.2) is 23.2 Å². The molecular weight excluding hydrogens is 380 g/mol. The van der Waals surface area contributed by atoms with Gasteiger partial charge in [-0.25, -0.2) is 0 Å². The molecule has 1 N–H and O–H groups in total. The molecule has 1 aliphatic heterocycles. The van der Waals surface area contributed by atoms with Crippen LogP contribution >= 0.6 is 0 Å². The van der Waals surface area contributed by atoms with Crippen LogP contribution in [0.4, 0.5) is 0 Å². The summed E-state index contributed by atoms with van der Waals surface area (Å²) in [4.78, 5) is 6.69. The highest BCUT2D eigenvalue weighted by Crippen LogP contribution is 2.33. The molecule has 2 heterocycles. The largest absolute Gasteiger partial charge is 0.493 e. The average molecular weight is 406 g/mol. The highest BCUT2D eigenvalue weighted by atomic mass is 16.5. The number of benzene rings is 2. The van der Waals surface area contributed by atoms with Gasteiger partial charge in [-0.3, -0.25) is 4.99 Å². The summed E-state index contributed by atoms with van der Waals surface area (Å²) >= 11 is 0. The van der Waals surface area contributed by atoms with Crippen molar-refractivity contribution in [3.8, 4) is 22.8 Å². The van der Waals surface area contributed by atoms with E-state index in [1.54, 1.807) is 21.3 Å². The van der Waals surface area contributed by atoms with Gasteiger partial charge in [0.1, 0.15) is 5.69 Å². The van der Waals surface area contributed by atoms with Crippen molar-refractivity contribution >= 4 is 5.96 Å². The lowest BCUT2D eigenvalue weighted by atomic mass is 9.99. The molecule has 0 spiro atoms. The third-order valence-corrected chi connectivity index (χ3v) is 5.27. The predicted octanol–water partition coefficient (Wildman–Crippen LogP) is 3.49. The fourth-order valence-electron chi connectivity index (χ4n) is 3.70. The third-order valence-electron chi connectivity index (χ3n) is 5.27. The molecule has 0 amide bonds.